The number of hydrogen-bond acceptors (Lipinski definition) is 3. The van der Waals surface area contributed by atoms with E-state index in [-0.39, 0.29) is 6.10 Å². The van der Waals surface area contributed by atoms with Gasteiger partial charge in [0.2, 0.25) is 0 Å². The molecule has 96 valence electrons. The van der Waals surface area contributed by atoms with E-state index in [4.69, 9.17) is 9.47 Å². The van der Waals surface area contributed by atoms with Crippen LogP contribution in [-0.4, -0.2) is 25.8 Å². The maximum absolute atomic E-state index is 5.90. The highest BCUT2D eigenvalue weighted by Crippen LogP contribution is 2.21. The van der Waals surface area contributed by atoms with E-state index in [0.29, 0.717) is 12.6 Å². The van der Waals surface area contributed by atoms with Crippen LogP contribution < -0.4 is 14.8 Å². The zero-order valence-electron chi connectivity index (χ0n) is 11.2. The number of ether oxygens (including phenoxy) is 2. The van der Waals surface area contributed by atoms with Gasteiger partial charge in [-0.05, 0) is 39.4 Å². The third-order valence-electron chi connectivity index (χ3n) is 2.82. The lowest BCUT2D eigenvalue weighted by Crippen LogP contribution is -2.38. The Balaban J connectivity index is 2.63. The zero-order valence-corrected chi connectivity index (χ0v) is 11.2. The molecule has 1 rings (SSSR count). The lowest BCUT2D eigenvalue weighted by molar-refractivity contribution is 0.171. The van der Waals surface area contributed by atoms with Crippen LogP contribution in [-0.2, 0) is 0 Å². The standard InChI is InChI=1S/C14H23NO2/c1-5-14(15-4)11(3)17-13-9-7-8-12(10-13)16-6-2/h7-11,14-15H,5-6H2,1-4H3. The molecular formula is C14H23NO2. The Morgan fingerprint density at radius 1 is 1.24 bits per heavy atom. The van der Waals surface area contributed by atoms with Crippen LogP contribution in [0.5, 0.6) is 11.5 Å². The highest BCUT2D eigenvalue weighted by molar-refractivity contribution is 5.33. The molecule has 1 aromatic rings. The van der Waals surface area contributed by atoms with Crippen LogP contribution in [0.1, 0.15) is 27.2 Å². The van der Waals surface area contributed by atoms with Crippen LogP contribution >= 0.6 is 0 Å². The highest BCUT2D eigenvalue weighted by atomic mass is 16.5. The summed E-state index contributed by atoms with van der Waals surface area (Å²) >= 11 is 0. The van der Waals surface area contributed by atoms with Gasteiger partial charge < -0.3 is 14.8 Å². The fourth-order valence-corrected chi connectivity index (χ4v) is 1.87. The Hall–Kier alpha value is -1.22. The van der Waals surface area contributed by atoms with Gasteiger partial charge in [-0.2, -0.15) is 0 Å². The van der Waals surface area contributed by atoms with E-state index in [2.05, 4.69) is 19.2 Å². The molecule has 0 amide bonds. The summed E-state index contributed by atoms with van der Waals surface area (Å²) in [6.45, 7) is 6.88. The topological polar surface area (TPSA) is 30.5 Å². The lowest BCUT2D eigenvalue weighted by Gasteiger charge is -2.23. The molecule has 1 N–H and O–H groups in total. The summed E-state index contributed by atoms with van der Waals surface area (Å²) < 4.78 is 11.3. The van der Waals surface area contributed by atoms with Crippen LogP contribution in [0.4, 0.5) is 0 Å². The van der Waals surface area contributed by atoms with Gasteiger partial charge in [-0.1, -0.05) is 13.0 Å². The van der Waals surface area contributed by atoms with Crippen molar-refractivity contribution in [3.8, 4) is 11.5 Å². The van der Waals surface area contributed by atoms with Gasteiger partial charge in [0.25, 0.3) is 0 Å². The van der Waals surface area contributed by atoms with Gasteiger partial charge in [-0.25, -0.2) is 0 Å². The number of likely N-dealkylation sites (N-methyl/N-ethyl adjacent to an activating group) is 1. The molecule has 3 heteroatoms. The minimum atomic E-state index is 0.141. The summed E-state index contributed by atoms with van der Waals surface area (Å²) in [7, 11) is 1.96. The van der Waals surface area contributed by atoms with E-state index in [1.165, 1.54) is 0 Å². The van der Waals surface area contributed by atoms with Crippen LogP contribution in [0.2, 0.25) is 0 Å². The molecule has 17 heavy (non-hydrogen) atoms. The molecule has 0 heterocycles. The van der Waals surface area contributed by atoms with E-state index in [1.807, 2.05) is 38.2 Å². The van der Waals surface area contributed by atoms with Gasteiger partial charge >= 0.3 is 0 Å². The Kier molecular flexibility index (Phi) is 5.84. The van der Waals surface area contributed by atoms with Crippen molar-refractivity contribution in [2.75, 3.05) is 13.7 Å². The van der Waals surface area contributed by atoms with Crippen molar-refractivity contribution in [1.29, 1.82) is 0 Å². The van der Waals surface area contributed by atoms with Crippen molar-refractivity contribution in [3.63, 3.8) is 0 Å². The molecule has 0 aliphatic heterocycles. The molecule has 1 aromatic carbocycles. The average molecular weight is 237 g/mol. The van der Waals surface area contributed by atoms with Gasteiger partial charge in [0.1, 0.15) is 17.6 Å². The molecule has 2 unspecified atom stereocenters. The predicted molar refractivity (Wildman–Crippen MR) is 70.8 cm³/mol. The number of benzene rings is 1. The first kappa shape index (κ1) is 13.8. The van der Waals surface area contributed by atoms with E-state index < -0.39 is 0 Å². The molecule has 0 fully saturated rings. The smallest absolute Gasteiger partial charge is 0.123 e. The van der Waals surface area contributed by atoms with Crippen LogP contribution in [0, 0.1) is 0 Å². The first-order valence-electron chi connectivity index (χ1n) is 6.28. The largest absolute Gasteiger partial charge is 0.494 e. The fraction of sp³-hybridized carbons (Fsp3) is 0.571. The second-order valence-electron chi connectivity index (χ2n) is 4.03. The lowest BCUT2D eigenvalue weighted by atomic mass is 10.1. The number of nitrogens with one attached hydrogen (secondary N) is 1. The number of rotatable bonds is 7. The Morgan fingerprint density at radius 3 is 2.53 bits per heavy atom. The van der Waals surface area contributed by atoms with Crippen LogP contribution in [0.15, 0.2) is 24.3 Å². The molecular weight excluding hydrogens is 214 g/mol. The first-order chi connectivity index (χ1) is 8.21. The Morgan fingerprint density at radius 2 is 1.94 bits per heavy atom. The molecule has 0 spiro atoms. The molecule has 0 aromatic heterocycles. The first-order valence-corrected chi connectivity index (χ1v) is 6.28. The molecule has 0 saturated carbocycles. The third kappa shape index (κ3) is 4.27. The summed E-state index contributed by atoms with van der Waals surface area (Å²) in [5.74, 6) is 1.71. The molecule has 3 nitrogen and oxygen atoms in total. The quantitative estimate of drug-likeness (QED) is 0.791. The van der Waals surface area contributed by atoms with Crippen molar-refractivity contribution in [1.82, 2.24) is 5.32 Å². The zero-order chi connectivity index (χ0) is 12.7. The fourth-order valence-electron chi connectivity index (χ4n) is 1.87. The molecule has 0 bridgehead atoms. The minimum absolute atomic E-state index is 0.141. The maximum Gasteiger partial charge on any atom is 0.123 e. The van der Waals surface area contributed by atoms with Gasteiger partial charge in [0.15, 0.2) is 0 Å². The second-order valence-corrected chi connectivity index (χ2v) is 4.03. The van der Waals surface area contributed by atoms with Gasteiger partial charge in [-0.3, -0.25) is 0 Å². The van der Waals surface area contributed by atoms with E-state index in [1.54, 1.807) is 0 Å². The summed E-state index contributed by atoms with van der Waals surface area (Å²) in [6.07, 6.45) is 1.19. The van der Waals surface area contributed by atoms with Crippen molar-refractivity contribution in [2.45, 2.75) is 39.3 Å². The Bertz CT molecular complexity index is 324. The summed E-state index contributed by atoms with van der Waals surface area (Å²) in [6, 6.07) is 8.15. The third-order valence-corrected chi connectivity index (χ3v) is 2.82. The molecule has 0 aliphatic carbocycles. The van der Waals surface area contributed by atoms with Crippen molar-refractivity contribution in [2.24, 2.45) is 0 Å². The summed E-state index contributed by atoms with van der Waals surface area (Å²) in [5, 5.41) is 3.26. The highest BCUT2D eigenvalue weighted by Gasteiger charge is 2.14. The van der Waals surface area contributed by atoms with Crippen molar-refractivity contribution in [3.05, 3.63) is 24.3 Å². The maximum atomic E-state index is 5.90. The minimum Gasteiger partial charge on any atom is -0.494 e. The van der Waals surface area contributed by atoms with Gasteiger partial charge in [-0.15, -0.1) is 0 Å². The molecule has 0 aliphatic rings. The molecule has 2 atom stereocenters. The molecule has 0 saturated heterocycles. The van der Waals surface area contributed by atoms with Crippen LogP contribution in [0.3, 0.4) is 0 Å². The van der Waals surface area contributed by atoms with E-state index in [9.17, 15) is 0 Å². The normalized spacial score (nSPS) is 14.1. The van der Waals surface area contributed by atoms with Crippen molar-refractivity contribution < 1.29 is 9.47 Å². The summed E-state index contributed by atoms with van der Waals surface area (Å²) in [5.41, 5.74) is 0. The average Bonchev–Trinajstić information content (AvgIpc) is 2.31. The Labute approximate surface area is 104 Å². The van der Waals surface area contributed by atoms with E-state index >= 15 is 0 Å². The van der Waals surface area contributed by atoms with Gasteiger partial charge in [0.05, 0.1) is 6.61 Å². The number of hydrogen-bond donors (Lipinski definition) is 1. The van der Waals surface area contributed by atoms with Crippen molar-refractivity contribution >= 4 is 0 Å². The predicted octanol–water partition coefficient (Wildman–Crippen LogP) is 2.85. The SMILES string of the molecule is CCOc1cccc(OC(C)C(CC)NC)c1. The monoisotopic (exact) mass is 237 g/mol. The van der Waals surface area contributed by atoms with Crippen LogP contribution in [0.25, 0.3) is 0 Å². The summed E-state index contributed by atoms with van der Waals surface area (Å²) in [4.78, 5) is 0. The van der Waals surface area contributed by atoms with E-state index in [0.717, 1.165) is 17.9 Å². The molecule has 0 radical (unpaired) electrons. The second kappa shape index (κ2) is 7.17. The van der Waals surface area contributed by atoms with Gasteiger partial charge in [0, 0.05) is 12.1 Å².